The summed E-state index contributed by atoms with van der Waals surface area (Å²) in [6.07, 6.45) is 0. The molecule has 1 amide bonds. The molecule has 1 N–H and O–H groups in total. The molecule has 0 saturated carbocycles. The number of nitrogens with zero attached hydrogens (tertiary/aromatic N) is 4. The van der Waals surface area contributed by atoms with Crippen LogP contribution >= 0.6 is 11.6 Å². The number of carbonyl (C=O) groups excluding carboxylic acids is 1. The van der Waals surface area contributed by atoms with E-state index in [0.717, 1.165) is 11.3 Å². The molecule has 2 heterocycles. The Morgan fingerprint density at radius 3 is 2.63 bits per heavy atom. The fraction of sp³-hybridized carbons (Fsp3) is 0.0526. The van der Waals surface area contributed by atoms with Gasteiger partial charge in [-0.2, -0.15) is 4.68 Å². The second-order valence-corrected chi connectivity index (χ2v) is 6.08. The van der Waals surface area contributed by atoms with E-state index in [1.54, 1.807) is 22.9 Å². The van der Waals surface area contributed by atoms with Crippen LogP contribution in [0.25, 0.3) is 17.0 Å². The van der Waals surface area contributed by atoms with Gasteiger partial charge in [-0.25, -0.2) is 0 Å². The highest BCUT2D eigenvalue weighted by Gasteiger charge is 2.15. The van der Waals surface area contributed by atoms with Crippen LogP contribution in [-0.4, -0.2) is 26.1 Å². The van der Waals surface area contributed by atoms with Crippen molar-refractivity contribution in [2.45, 2.75) is 6.54 Å². The summed E-state index contributed by atoms with van der Waals surface area (Å²) in [5.74, 6) is 0.854. The molecule has 4 aromatic rings. The number of furan rings is 1. The van der Waals surface area contributed by atoms with E-state index >= 15 is 0 Å². The van der Waals surface area contributed by atoms with Gasteiger partial charge in [0.2, 0.25) is 0 Å². The molecule has 8 heteroatoms. The SMILES string of the molecule is O=C(NCc1nnnn1-c1ccccc1)c1ccc(-c2ccccc2Cl)o1. The van der Waals surface area contributed by atoms with Crippen LogP contribution in [0.2, 0.25) is 5.02 Å². The Hall–Kier alpha value is -3.45. The number of carbonyl (C=O) groups is 1. The normalized spacial score (nSPS) is 10.7. The molecule has 7 nitrogen and oxygen atoms in total. The van der Waals surface area contributed by atoms with Crippen molar-refractivity contribution in [1.82, 2.24) is 25.5 Å². The predicted molar refractivity (Wildman–Crippen MR) is 99.5 cm³/mol. The number of rotatable bonds is 5. The molecule has 2 aromatic heterocycles. The number of hydrogen-bond donors (Lipinski definition) is 1. The molecule has 0 aliphatic carbocycles. The number of amides is 1. The molecule has 0 saturated heterocycles. The topological polar surface area (TPSA) is 85.8 Å². The molecule has 4 rings (SSSR count). The van der Waals surface area contributed by atoms with Gasteiger partial charge in [-0.05, 0) is 46.8 Å². The van der Waals surface area contributed by atoms with Gasteiger partial charge < -0.3 is 9.73 Å². The highest BCUT2D eigenvalue weighted by Crippen LogP contribution is 2.29. The molecule has 0 spiro atoms. The van der Waals surface area contributed by atoms with Gasteiger partial charge in [0.15, 0.2) is 11.6 Å². The number of aromatic nitrogens is 4. The van der Waals surface area contributed by atoms with Crippen molar-refractivity contribution in [3.63, 3.8) is 0 Å². The van der Waals surface area contributed by atoms with Crippen LogP contribution in [0.5, 0.6) is 0 Å². The van der Waals surface area contributed by atoms with Crippen LogP contribution in [0.3, 0.4) is 0 Å². The maximum atomic E-state index is 12.4. The molecular formula is C19H14ClN5O2. The van der Waals surface area contributed by atoms with E-state index in [9.17, 15) is 4.79 Å². The summed E-state index contributed by atoms with van der Waals surface area (Å²) in [4.78, 5) is 12.4. The smallest absolute Gasteiger partial charge is 0.287 e. The van der Waals surface area contributed by atoms with Gasteiger partial charge in [-0.15, -0.1) is 5.10 Å². The van der Waals surface area contributed by atoms with Crippen LogP contribution in [0.15, 0.2) is 71.1 Å². The molecule has 0 bridgehead atoms. The summed E-state index contributed by atoms with van der Waals surface area (Å²) in [5, 5.41) is 14.9. The minimum atomic E-state index is -0.365. The van der Waals surface area contributed by atoms with E-state index in [4.69, 9.17) is 16.0 Å². The molecular weight excluding hydrogens is 366 g/mol. The Bertz CT molecular complexity index is 1070. The zero-order valence-electron chi connectivity index (χ0n) is 14.0. The van der Waals surface area contributed by atoms with Gasteiger partial charge in [0.25, 0.3) is 5.91 Å². The third-order valence-electron chi connectivity index (χ3n) is 3.91. The highest BCUT2D eigenvalue weighted by atomic mass is 35.5. The maximum absolute atomic E-state index is 12.4. The third kappa shape index (κ3) is 3.58. The second kappa shape index (κ2) is 7.43. The second-order valence-electron chi connectivity index (χ2n) is 5.67. The van der Waals surface area contributed by atoms with Crippen molar-refractivity contribution < 1.29 is 9.21 Å². The molecule has 0 aliphatic rings. The monoisotopic (exact) mass is 379 g/mol. The van der Waals surface area contributed by atoms with Crippen molar-refractivity contribution in [2.24, 2.45) is 0 Å². The Labute approximate surface area is 159 Å². The molecule has 0 unspecified atom stereocenters. The lowest BCUT2D eigenvalue weighted by Gasteiger charge is -2.05. The highest BCUT2D eigenvalue weighted by molar-refractivity contribution is 6.33. The first-order chi connectivity index (χ1) is 13.2. The third-order valence-corrected chi connectivity index (χ3v) is 4.24. The number of nitrogens with one attached hydrogen (secondary N) is 1. The predicted octanol–water partition coefficient (Wildman–Crippen LogP) is 3.51. The van der Waals surface area contributed by atoms with E-state index in [1.165, 1.54) is 0 Å². The van der Waals surface area contributed by atoms with Gasteiger partial charge in [0.1, 0.15) is 5.76 Å². The molecule has 0 fully saturated rings. The standard InChI is InChI=1S/C19H14ClN5O2/c20-15-9-5-4-8-14(15)16-10-11-17(27-16)19(26)21-12-18-22-23-24-25(18)13-6-2-1-3-7-13/h1-11H,12H2,(H,21,26). The summed E-state index contributed by atoms with van der Waals surface area (Å²) in [5.41, 5.74) is 1.54. The van der Waals surface area contributed by atoms with Crippen LogP contribution in [0.1, 0.15) is 16.4 Å². The van der Waals surface area contributed by atoms with Crippen molar-refractivity contribution >= 4 is 17.5 Å². The van der Waals surface area contributed by atoms with Gasteiger partial charge in [-0.3, -0.25) is 4.79 Å². The Balaban J connectivity index is 1.47. The number of para-hydroxylation sites is 1. The van der Waals surface area contributed by atoms with Crippen LogP contribution in [0.4, 0.5) is 0 Å². The Morgan fingerprint density at radius 2 is 1.81 bits per heavy atom. The molecule has 0 atom stereocenters. The number of tetrazole rings is 1. The zero-order chi connectivity index (χ0) is 18.6. The summed E-state index contributed by atoms with van der Waals surface area (Å²) in [6.45, 7) is 0.156. The lowest BCUT2D eigenvalue weighted by atomic mass is 10.2. The van der Waals surface area contributed by atoms with E-state index in [0.29, 0.717) is 16.6 Å². The quantitative estimate of drug-likeness (QED) is 0.573. The zero-order valence-corrected chi connectivity index (χ0v) is 14.8. The minimum Gasteiger partial charge on any atom is -0.451 e. The lowest BCUT2D eigenvalue weighted by Crippen LogP contribution is -2.24. The molecule has 0 aliphatic heterocycles. The fourth-order valence-electron chi connectivity index (χ4n) is 2.60. The average Bonchev–Trinajstić information content (AvgIpc) is 3.37. The van der Waals surface area contributed by atoms with Gasteiger partial charge >= 0.3 is 0 Å². The van der Waals surface area contributed by atoms with Crippen LogP contribution < -0.4 is 5.32 Å². The number of halogens is 1. The first-order valence-corrected chi connectivity index (χ1v) is 8.56. The summed E-state index contributed by atoms with van der Waals surface area (Å²) in [6, 6.07) is 20.0. The molecule has 27 heavy (non-hydrogen) atoms. The number of benzene rings is 2. The molecule has 134 valence electrons. The minimum absolute atomic E-state index is 0.156. The number of hydrogen-bond acceptors (Lipinski definition) is 5. The summed E-state index contributed by atoms with van der Waals surface area (Å²) >= 11 is 6.17. The van der Waals surface area contributed by atoms with Gasteiger partial charge in [0, 0.05) is 5.56 Å². The Morgan fingerprint density at radius 1 is 1.04 bits per heavy atom. The van der Waals surface area contributed by atoms with Gasteiger partial charge in [-0.1, -0.05) is 41.9 Å². The summed E-state index contributed by atoms with van der Waals surface area (Å²) < 4.78 is 7.21. The Kier molecular flexibility index (Phi) is 4.67. The van der Waals surface area contributed by atoms with Gasteiger partial charge in [0.05, 0.1) is 17.3 Å². The van der Waals surface area contributed by atoms with Crippen molar-refractivity contribution in [1.29, 1.82) is 0 Å². The molecule has 0 radical (unpaired) electrons. The average molecular weight is 380 g/mol. The fourth-order valence-corrected chi connectivity index (χ4v) is 2.83. The first-order valence-electron chi connectivity index (χ1n) is 8.18. The lowest BCUT2D eigenvalue weighted by molar-refractivity contribution is 0.0922. The van der Waals surface area contributed by atoms with Crippen molar-refractivity contribution in [2.75, 3.05) is 0 Å². The summed E-state index contributed by atoms with van der Waals surface area (Å²) in [7, 11) is 0. The molecule has 2 aromatic carbocycles. The first kappa shape index (κ1) is 17.0. The van der Waals surface area contributed by atoms with Crippen LogP contribution in [-0.2, 0) is 6.54 Å². The maximum Gasteiger partial charge on any atom is 0.287 e. The van der Waals surface area contributed by atoms with Crippen molar-refractivity contribution in [3.05, 3.63) is 83.3 Å². The largest absolute Gasteiger partial charge is 0.451 e. The van der Waals surface area contributed by atoms with Crippen LogP contribution in [0, 0.1) is 0 Å². The van der Waals surface area contributed by atoms with E-state index in [2.05, 4.69) is 20.8 Å². The van der Waals surface area contributed by atoms with E-state index in [-0.39, 0.29) is 18.2 Å². The van der Waals surface area contributed by atoms with E-state index in [1.807, 2.05) is 48.5 Å². The van der Waals surface area contributed by atoms with E-state index < -0.39 is 0 Å². The van der Waals surface area contributed by atoms with Crippen molar-refractivity contribution in [3.8, 4) is 17.0 Å².